The smallest absolute Gasteiger partial charge is 0.319 e. The molecule has 1 rings (SSSR count). The summed E-state index contributed by atoms with van der Waals surface area (Å²) in [6.45, 7) is -0.0112. The van der Waals surface area contributed by atoms with Gasteiger partial charge in [-0.2, -0.15) is 0 Å². The summed E-state index contributed by atoms with van der Waals surface area (Å²) in [6, 6.07) is 5.97. The van der Waals surface area contributed by atoms with Crippen LogP contribution in [0.4, 0.5) is 10.5 Å². The fraction of sp³-hybridized carbons (Fsp3) is 0.429. The average Bonchev–Trinajstić information content (AvgIpc) is 2.46. The van der Waals surface area contributed by atoms with Crippen LogP contribution in [0.3, 0.4) is 0 Å². The fourth-order valence-electron chi connectivity index (χ4n) is 1.64. The largest absolute Gasteiger partial charge is 0.345 e. The second-order valence-corrected chi connectivity index (χ2v) is 7.56. The molecule has 8 nitrogen and oxygen atoms in total. The molecule has 128 valence electrons. The van der Waals surface area contributed by atoms with Crippen LogP contribution in [0.5, 0.6) is 0 Å². The number of amides is 3. The molecule has 9 heteroatoms. The summed E-state index contributed by atoms with van der Waals surface area (Å²) in [5.74, 6) is -0.363. The number of rotatable bonds is 6. The molecule has 0 saturated heterocycles. The van der Waals surface area contributed by atoms with Crippen LogP contribution in [0.1, 0.15) is 10.4 Å². The molecule has 0 spiro atoms. The second-order valence-electron chi connectivity index (χ2n) is 5.26. The summed E-state index contributed by atoms with van der Waals surface area (Å²) in [5.41, 5.74) is 0.897. The van der Waals surface area contributed by atoms with Gasteiger partial charge < -0.3 is 15.5 Å². The Morgan fingerprint density at radius 2 is 1.78 bits per heavy atom. The van der Waals surface area contributed by atoms with Crippen molar-refractivity contribution in [3.05, 3.63) is 29.8 Å². The first kappa shape index (κ1) is 18.9. The highest BCUT2D eigenvalue weighted by atomic mass is 32.2. The van der Waals surface area contributed by atoms with E-state index in [2.05, 4.69) is 10.6 Å². The monoisotopic (exact) mass is 342 g/mol. The maximum Gasteiger partial charge on any atom is 0.319 e. The Balaban J connectivity index is 2.58. The van der Waals surface area contributed by atoms with E-state index in [1.807, 2.05) is 0 Å². The van der Waals surface area contributed by atoms with Gasteiger partial charge in [0.1, 0.15) is 0 Å². The van der Waals surface area contributed by atoms with E-state index in [0.717, 1.165) is 4.31 Å². The van der Waals surface area contributed by atoms with Crippen molar-refractivity contribution in [1.82, 2.24) is 14.5 Å². The number of hydrogen-bond donors (Lipinski definition) is 2. The number of nitrogens with one attached hydrogen (secondary N) is 2. The lowest BCUT2D eigenvalue weighted by Gasteiger charge is -2.13. The van der Waals surface area contributed by atoms with Crippen molar-refractivity contribution < 1.29 is 18.0 Å². The lowest BCUT2D eigenvalue weighted by atomic mass is 10.2. The van der Waals surface area contributed by atoms with Crippen molar-refractivity contribution in [2.24, 2.45) is 0 Å². The van der Waals surface area contributed by atoms with Crippen LogP contribution >= 0.6 is 0 Å². The van der Waals surface area contributed by atoms with E-state index in [1.54, 1.807) is 38.4 Å². The van der Waals surface area contributed by atoms with Gasteiger partial charge in [-0.05, 0) is 18.2 Å². The average molecular weight is 342 g/mol. The number of benzene rings is 1. The second kappa shape index (κ2) is 7.93. The van der Waals surface area contributed by atoms with E-state index in [9.17, 15) is 18.0 Å². The Bertz CT molecular complexity index is 671. The standard InChI is InChI=1S/C14H22N4O4S/c1-17(2)13(19)11-6-5-7-12(10-11)16-14(20)15-8-9-23(21,22)18(3)4/h5-7,10H,8-9H2,1-4H3,(H2,15,16,20). The molecule has 0 radical (unpaired) electrons. The van der Waals surface area contributed by atoms with Crippen LogP contribution in [0.2, 0.25) is 0 Å². The van der Waals surface area contributed by atoms with Gasteiger partial charge in [-0.15, -0.1) is 0 Å². The minimum atomic E-state index is -3.35. The molecule has 0 bridgehead atoms. The van der Waals surface area contributed by atoms with E-state index in [0.29, 0.717) is 11.3 Å². The molecule has 0 heterocycles. The van der Waals surface area contributed by atoms with E-state index in [4.69, 9.17) is 0 Å². The van der Waals surface area contributed by atoms with Gasteiger partial charge in [0.25, 0.3) is 5.91 Å². The van der Waals surface area contributed by atoms with Gasteiger partial charge in [0.05, 0.1) is 5.75 Å². The highest BCUT2D eigenvalue weighted by molar-refractivity contribution is 7.89. The Hall–Kier alpha value is -2.13. The van der Waals surface area contributed by atoms with Crippen molar-refractivity contribution in [3.63, 3.8) is 0 Å². The Morgan fingerprint density at radius 1 is 1.13 bits per heavy atom. The van der Waals surface area contributed by atoms with Crippen molar-refractivity contribution in [2.75, 3.05) is 45.8 Å². The SMILES string of the molecule is CN(C)C(=O)c1cccc(NC(=O)NCCS(=O)(=O)N(C)C)c1. The van der Waals surface area contributed by atoms with Crippen LogP contribution < -0.4 is 10.6 Å². The molecular weight excluding hydrogens is 320 g/mol. The van der Waals surface area contributed by atoms with Crippen LogP contribution in [0, 0.1) is 0 Å². The highest BCUT2D eigenvalue weighted by Gasteiger charge is 2.14. The fourth-order valence-corrected chi connectivity index (χ4v) is 2.36. The summed E-state index contributed by atoms with van der Waals surface area (Å²) in [4.78, 5) is 25.0. The van der Waals surface area contributed by atoms with Crippen molar-refractivity contribution in [1.29, 1.82) is 0 Å². The summed E-state index contributed by atoms with van der Waals surface area (Å²) >= 11 is 0. The van der Waals surface area contributed by atoms with Crippen LogP contribution in [-0.4, -0.2) is 70.0 Å². The lowest BCUT2D eigenvalue weighted by molar-refractivity contribution is 0.0827. The highest BCUT2D eigenvalue weighted by Crippen LogP contribution is 2.11. The minimum Gasteiger partial charge on any atom is -0.345 e. The van der Waals surface area contributed by atoms with Gasteiger partial charge in [0.2, 0.25) is 10.0 Å². The van der Waals surface area contributed by atoms with Crippen LogP contribution in [0.15, 0.2) is 24.3 Å². The molecule has 0 atom stereocenters. The molecule has 0 aliphatic carbocycles. The van der Waals surface area contributed by atoms with Crippen molar-refractivity contribution >= 4 is 27.6 Å². The number of nitrogens with zero attached hydrogens (tertiary/aromatic N) is 2. The molecule has 0 fully saturated rings. The number of hydrogen-bond acceptors (Lipinski definition) is 4. The van der Waals surface area contributed by atoms with Gasteiger partial charge in [-0.3, -0.25) is 4.79 Å². The van der Waals surface area contributed by atoms with Crippen molar-refractivity contribution in [2.45, 2.75) is 0 Å². The molecule has 1 aromatic carbocycles. The topological polar surface area (TPSA) is 98.8 Å². The summed E-state index contributed by atoms with van der Waals surface area (Å²) < 4.78 is 24.2. The van der Waals surface area contributed by atoms with Gasteiger partial charge in [-0.25, -0.2) is 17.5 Å². The molecule has 0 aromatic heterocycles. The summed E-state index contributed by atoms with van der Waals surface area (Å²) in [5, 5.41) is 5.02. The first-order chi connectivity index (χ1) is 10.6. The molecule has 0 unspecified atom stereocenters. The van der Waals surface area contributed by atoms with E-state index >= 15 is 0 Å². The molecule has 1 aromatic rings. The summed E-state index contributed by atoms with van der Waals surface area (Å²) in [6.07, 6.45) is 0. The number of urea groups is 1. The maximum atomic E-state index is 11.9. The van der Waals surface area contributed by atoms with E-state index in [-0.39, 0.29) is 18.2 Å². The molecule has 3 amide bonds. The van der Waals surface area contributed by atoms with Gasteiger partial charge >= 0.3 is 6.03 Å². The van der Waals surface area contributed by atoms with Gasteiger partial charge in [0.15, 0.2) is 0 Å². The molecule has 0 saturated carbocycles. The minimum absolute atomic E-state index is 0.0112. The third-order valence-electron chi connectivity index (χ3n) is 2.98. The van der Waals surface area contributed by atoms with Crippen LogP contribution in [0.25, 0.3) is 0 Å². The maximum absolute atomic E-state index is 11.9. The molecule has 0 aliphatic rings. The Morgan fingerprint density at radius 3 is 2.35 bits per heavy atom. The summed E-state index contributed by atoms with van der Waals surface area (Å²) in [7, 11) is 2.79. The quantitative estimate of drug-likeness (QED) is 0.782. The third kappa shape index (κ3) is 5.87. The lowest BCUT2D eigenvalue weighted by Crippen LogP contribution is -2.36. The number of anilines is 1. The Labute approximate surface area is 136 Å². The first-order valence-corrected chi connectivity index (χ1v) is 8.51. The predicted octanol–water partition coefficient (Wildman–Crippen LogP) is 0.401. The zero-order valence-electron chi connectivity index (χ0n) is 13.7. The number of carbonyl (C=O) groups is 2. The molecular formula is C14H22N4O4S. The zero-order chi connectivity index (χ0) is 17.6. The molecule has 23 heavy (non-hydrogen) atoms. The predicted molar refractivity (Wildman–Crippen MR) is 89.0 cm³/mol. The van der Waals surface area contributed by atoms with E-state index in [1.165, 1.54) is 19.0 Å². The number of carbonyl (C=O) groups excluding carboxylic acids is 2. The van der Waals surface area contributed by atoms with Gasteiger partial charge in [0, 0.05) is 46.0 Å². The number of sulfonamides is 1. The third-order valence-corrected chi connectivity index (χ3v) is 4.81. The van der Waals surface area contributed by atoms with Crippen LogP contribution in [-0.2, 0) is 10.0 Å². The van der Waals surface area contributed by atoms with Gasteiger partial charge in [-0.1, -0.05) is 6.07 Å². The molecule has 2 N–H and O–H groups in total. The molecule has 0 aliphatic heterocycles. The van der Waals surface area contributed by atoms with E-state index < -0.39 is 16.1 Å². The van der Waals surface area contributed by atoms with Crippen molar-refractivity contribution in [3.8, 4) is 0 Å². The Kier molecular flexibility index (Phi) is 6.52. The normalized spacial score (nSPS) is 11.2. The first-order valence-electron chi connectivity index (χ1n) is 6.90. The zero-order valence-corrected chi connectivity index (χ0v) is 14.5.